The van der Waals surface area contributed by atoms with Gasteiger partial charge in [-0.1, -0.05) is 0 Å². The van der Waals surface area contributed by atoms with Crippen LogP contribution in [0.15, 0.2) is 5.38 Å². The summed E-state index contributed by atoms with van der Waals surface area (Å²) in [6.45, 7) is 1.35. The summed E-state index contributed by atoms with van der Waals surface area (Å²) in [4.78, 5) is 24.3. The van der Waals surface area contributed by atoms with Gasteiger partial charge in [0.25, 0.3) is 5.91 Å². The standard InChI is InChI=1S/C13H17NO4S/c1-7(15)11(13(17)18)14-12(16)9-6-19-10-5-3-2-4-8(9)10/h6-7,11,15H,2-5H2,1H3,(H,14,16)(H,17,18). The Kier molecular flexibility index (Phi) is 4.21. The molecule has 1 aromatic rings. The summed E-state index contributed by atoms with van der Waals surface area (Å²) in [7, 11) is 0. The Balaban J connectivity index is 2.16. The zero-order valence-electron chi connectivity index (χ0n) is 10.7. The van der Waals surface area contributed by atoms with Crippen molar-refractivity contribution >= 4 is 23.2 Å². The molecule has 0 aliphatic heterocycles. The van der Waals surface area contributed by atoms with Crippen LogP contribution in [0.5, 0.6) is 0 Å². The maximum atomic E-state index is 12.1. The largest absolute Gasteiger partial charge is 0.480 e. The molecule has 6 heteroatoms. The third kappa shape index (κ3) is 2.96. The Labute approximate surface area is 115 Å². The number of carbonyl (C=O) groups excluding carboxylic acids is 1. The fourth-order valence-corrected chi connectivity index (χ4v) is 3.42. The minimum Gasteiger partial charge on any atom is -0.480 e. The number of hydrogen-bond acceptors (Lipinski definition) is 4. The second-order valence-electron chi connectivity index (χ2n) is 4.79. The molecular weight excluding hydrogens is 266 g/mol. The molecule has 1 aliphatic carbocycles. The van der Waals surface area contributed by atoms with Crippen molar-refractivity contribution in [3.63, 3.8) is 0 Å². The van der Waals surface area contributed by atoms with E-state index in [4.69, 9.17) is 5.11 Å². The van der Waals surface area contributed by atoms with Gasteiger partial charge in [0.1, 0.15) is 0 Å². The average molecular weight is 283 g/mol. The summed E-state index contributed by atoms with van der Waals surface area (Å²) in [5.41, 5.74) is 1.61. The van der Waals surface area contributed by atoms with E-state index in [-0.39, 0.29) is 0 Å². The molecule has 3 N–H and O–H groups in total. The molecule has 0 aromatic carbocycles. The van der Waals surface area contributed by atoms with Crippen LogP contribution in [-0.2, 0) is 17.6 Å². The number of amides is 1. The number of nitrogens with one attached hydrogen (secondary N) is 1. The second kappa shape index (κ2) is 5.71. The number of aliphatic carboxylic acids is 1. The van der Waals surface area contributed by atoms with Crippen LogP contribution < -0.4 is 5.32 Å². The van der Waals surface area contributed by atoms with E-state index in [0.717, 1.165) is 31.2 Å². The maximum Gasteiger partial charge on any atom is 0.328 e. The van der Waals surface area contributed by atoms with Crippen LogP contribution >= 0.6 is 11.3 Å². The third-order valence-corrected chi connectivity index (χ3v) is 4.43. The highest BCUT2D eigenvalue weighted by Gasteiger charge is 2.27. The Hall–Kier alpha value is -1.40. The average Bonchev–Trinajstić information content (AvgIpc) is 2.78. The first kappa shape index (κ1) is 14.0. The lowest BCUT2D eigenvalue weighted by atomic mass is 9.95. The first-order valence-corrected chi connectivity index (χ1v) is 7.19. The van der Waals surface area contributed by atoms with Crippen LogP contribution in [0.4, 0.5) is 0 Å². The first-order chi connectivity index (χ1) is 9.00. The second-order valence-corrected chi connectivity index (χ2v) is 5.75. The van der Waals surface area contributed by atoms with Gasteiger partial charge >= 0.3 is 5.97 Å². The number of aliphatic hydroxyl groups excluding tert-OH is 1. The minimum atomic E-state index is -1.27. The molecule has 19 heavy (non-hydrogen) atoms. The van der Waals surface area contributed by atoms with Crippen molar-refractivity contribution in [2.45, 2.75) is 44.8 Å². The predicted octanol–water partition coefficient (Wildman–Crippen LogP) is 1.19. The lowest BCUT2D eigenvalue weighted by Gasteiger charge is -2.18. The van der Waals surface area contributed by atoms with Crippen LogP contribution in [0, 0.1) is 0 Å². The maximum absolute atomic E-state index is 12.1. The lowest BCUT2D eigenvalue weighted by molar-refractivity contribution is -0.141. The molecule has 2 unspecified atom stereocenters. The zero-order chi connectivity index (χ0) is 14.0. The van der Waals surface area contributed by atoms with Crippen LogP contribution in [0.1, 0.15) is 40.6 Å². The number of carboxylic acid groups (broad SMARTS) is 1. The monoisotopic (exact) mass is 283 g/mol. The van der Waals surface area contributed by atoms with E-state index in [9.17, 15) is 14.7 Å². The van der Waals surface area contributed by atoms with E-state index >= 15 is 0 Å². The van der Waals surface area contributed by atoms with Gasteiger partial charge in [-0.3, -0.25) is 4.79 Å². The quantitative estimate of drug-likeness (QED) is 0.774. The van der Waals surface area contributed by atoms with Gasteiger partial charge in [0.2, 0.25) is 0 Å². The smallest absolute Gasteiger partial charge is 0.328 e. The van der Waals surface area contributed by atoms with E-state index < -0.39 is 24.0 Å². The van der Waals surface area contributed by atoms with Crippen molar-refractivity contribution in [1.29, 1.82) is 0 Å². The molecular formula is C13H17NO4S. The summed E-state index contributed by atoms with van der Waals surface area (Å²) < 4.78 is 0. The van der Waals surface area contributed by atoms with Gasteiger partial charge in [-0.2, -0.15) is 0 Å². The summed E-state index contributed by atoms with van der Waals surface area (Å²) in [5, 5.41) is 22.5. The normalized spacial score (nSPS) is 17.4. The fourth-order valence-electron chi connectivity index (χ4n) is 2.29. The Morgan fingerprint density at radius 1 is 1.37 bits per heavy atom. The Bertz CT molecular complexity index is 495. The van der Waals surface area contributed by atoms with Crippen LogP contribution in [0.25, 0.3) is 0 Å². The summed E-state index contributed by atoms with van der Waals surface area (Å²) in [5.74, 6) is -1.64. The van der Waals surface area contributed by atoms with Gasteiger partial charge in [0.05, 0.1) is 11.7 Å². The van der Waals surface area contributed by atoms with Gasteiger partial charge in [-0.25, -0.2) is 4.79 Å². The molecule has 1 amide bonds. The number of thiophene rings is 1. The van der Waals surface area contributed by atoms with Gasteiger partial charge in [0.15, 0.2) is 6.04 Å². The van der Waals surface area contributed by atoms with E-state index in [2.05, 4.69) is 5.32 Å². The molecule has 1 heterocycles. The molecule has 104 valence electrons. The lowest BCUT2D eigenvalue weighted by Crippen LogP contribution is -2.47. The van der Waals surface area contributed by atoms with Crippen molar-refractivity contribution in [3.8, 4) is 0 Å². The van der Waals surface area contributed by atoms with Crippen molar-refractivity contribution in [2.24, 2.45) is 0 Å². The molecule has 2 atom stereocenters. The molecule has 2 rings (SSSR count). The SMILES string of the molecule is CC(O)C(NC(=O)c1csc2c1CCCC2)C(=O)O. The van der Waals surface area contributed by atoms with Crippen molar-refractivity contribution in [3.05, 3.63) is 21.4 Å². The van der Waals surface area contributed by atoms with E-state index in [1.165, 1.54) is 11.8 Å². The number of fused-ring (bicyclic) bond motifs is 1. The fraction of sp³-hybridized carbons (Fsp3) is 0.538. The molecule has 0 bridgehead atoms. The summed E-state index contributed by atoms with van der Waals surface area (Å²) in [6.07, 6.45) is 2.93. The molecule has 0 fully saturated rings. The number of carbonyl (C=O) groups is 2. The molecule has 5 nitrogen and oxygen atoms in total. The molecule has 0 saturated heterocycles. The first-order valence-electron chi connectivity index (χ1n) is 6.31. The predicted molar refractivity (Wildman–Crippen MR) is 71.5 cm³/mol. The molecule has 1 aromatic heterocycles. The Morgan fingerprint density at radius 3 is 2.68 bits per heavy atom. The Morgan fingerprint density at radius 2 is 2.05 bits per heavy atom. The minimum absolute atomic E-state index is 0.410. The van der Waals surface area contributed by atoms with Crippen molar-refractivity contribution in [1.82, 2.24) is 5.32 Å². The summed E-state index contributed by atoms with van der Waals surface area (Å²) >= 11 is 1.55. The number of rotatable bonds is 4. The number of aliphatic hydroxyl groups is 1. The number of hydrogen-bond donors (Lipinski definition) is 3. The molecule has 0 spiro atoms. The molecule has 0 saturated carbocycles. The number of carboxylic acids is 1. The zero-order valence-corrected chi connectivity index (χ0v) is 11.5. The van der Waals surface area contributed by atoms with Gasteiger partial charge in [-0.15, -0.1) is 11.3 Å². The van der Waals surface area contributed by atoms with E-state index in [1.807, 2.05) is 0 Å². The number of aryl methyl sites for hydroxylation is 1. The van der Waals surface area contributed by atoms with E-state index in [1.54, 1.807) is 16.7 Å². The van der Waals surface area contributed by atoms with Crippen molar-refractivity contribution < 1.29 is 19.8 Å². The van der Waals surface area contributed by atoms with Crippen LogP contribution in [-0.4, -0.2) is 34.2 Å². The summed E-state index contributed by atoms with van der Waals surface area (Å²) in [6, 6.07) is -1.27. The van der Waals surface area contributed by atoms with Crippen LogP contribution in [0.3, 0.4) is 0 Å². The topological polar surface area (TPSA) is 86.6 Å². The van der Waals surface area contributed by atoms with Crippen LogP contribution in [0.2, 0.25) is 0 Å². The molecule has 0 radical (unpaired) electrons. The molecule has 1 aliphatic rings. The van der Waals surface area contributed by atoms with Gasteiger partial charge in [0, 0.05) is 10.3 Å². The highest BCUT2D eigenvalue weighted by molar-refractivity contribution is 7.10. The third-order valence-electron chi connectivity index (χ3n) is 3.34. The van der Waals surface area contributed by atoms with Crippen molar-refractivity contribution in [2.75, 3.05) is 0 Å². The van der Waals surface area contributed by atoms with E-state index in [0.29, 0.717) is 5.56 Å². The van der Waals surface area contributed by atoms with Gasteiger partial charge < -0.3 is 15.5 Å². The van der Waals surface area contributed by atoms with Gasteiger partial charge in [-0.05, 0) is 38.2 Å². The highest BCUT2D eigenvalue weighted by Crippen LogP contribution is 2.30. The highest BCUT2D eigenvalue weighted by atomic mass is 32.1.